The van der Waals surface area contributed by atoms with Crippen LogP contribution in [0.2, 0.25) is 0 Å². The number of pyridine rings is 1. The van der Waals surface area contributed by atoms with Crippen molar-refractivity contribution < 1.29 is 4.79 Å². The van der Waals surface area contributed by atoms with Crippen molar-refractivity contribution >= 4 is 5.91 Å². The monoisotopic (exact) mass is 247 g/mol. The largest absolute Gasteiger partial charge is 0.335 e. The number of carbonyl (C=O) groups excluding carboxylic acids is 1. The van der Waals surface area contributed by atoms with Gasteiger partial charge in [0, 0.05) is 12.7 Å². The Kier molecular flexibility index (Phi) is 3.97. The second kappa shape index (κ2) is 5.48. The summed E-state index contributed by atoms with van der Waals surface area (Å²) >= 11 is 0. The van der Waals surface area contributed by atoms with Gasteiger partial charge < -0.3 is 10.2 Å². The maximum absolute atomic E-state index is 12.5. The summed E-state index contributed by atoms with van der Waals surface area (Å²) in [7, 11) is 0. The van der Waals surface area contributed by atoms with Gasteiger partial charge in [-0.1, -0.05) is 6.07 Å². The molecule has 0 radical (unpaired) electrons. The molecule has 98 valence electrons. The van der Waals surface area contributed by atoms with E-state index < -0.39 is 0 Å². The number of aromatic nitrogens is 1. The molecule has 0 spiro atoms. The number of nitrogens with one attached hydrogen (secondary N) is 1. The van der Waals surface area contributed by atoms with Crippen LogP contribution in [-0.4, -0.2) is 34.4 Å². The van der Waals surface area contributed by atoms with Gasteiger partial charge in [-0.25, -0.2) is 0 Å². The van der Waals surface area contributed by atoms with Gasteiger partial charge in [0.25, 0.3) is 0 Å². The maximum atomic E-state index is 12.5. The minimum atomic E-state index is -0.384. The molecule has 1 unspecified atom stereocenters. The number of nitrogens with zero attached hydrogens (tertiary/aromatic N) is 2. The van der Waals surface area contributed by atoms with E-state index in [9.17, 15) is 4.79 Å². The fraction of sp³-hybridized carbons (Fsp3) is 0.571. The van der Waals surface area contributed by atoms with E-state index in [1.165, 1.54) is 0 Å². The SMILES string of the molecule is CCN(Cc1ccccn1)C(=O)C1(C)CCCN1. The van der Waals surface area contributed by atoms with Crippen molar-refractivity contribution in [1.29, 1.82) is 0 Å². The first-order valence-corrected chi connectivity index (χ1v) is 6.60. The van der Waals surface area contributed by atoms with E-state index in [0.717, 1.165) is 25.1 Å². The van der Waals surface area contributed by atoms with Crippen LogP contribution in [0.4, 0.5) is 0 Å². The van der Waals surface area contributed by atoms with Gasteiger partial charge in [-0.15, -0.1) is 0 Å². The molecule has 1 saturated heterocycles. The average Bonchev–Trinajstić information content (AvgIpc) is 2.84. The van der Waals surface area contributed by atoms with Gasteiger partial charge in [0.15, 0.2) is 0 Å². The minimum absolute atomic E-state index is 0.188. The molecule has 0 bridgehead atoms. The molecule has 0 aliphatic carbocycles. The van der Waals surface area contributed by atoms with Gasteiger partial charge >= 0.3 is 0 Å². The van der Waals surface area contributed by atoms with E-state index in [4.69, 9.17) is 0 Å². The van der Waals surface area contributed by atoms with Crippen molar-refractivity contribution in [3.63, 3.8) is 0 Å². The second-order valence-electron chi connectivity index (χ2n) is 5.00. The van der Waals surface area contributed by atoms with E-state index in [2.05, 4.69) is 10.3 Å². The molecule has 1 atom stereocenters. The van der Waals surface area contributed by atoms with E-state index in [0.29, 0.717) is 13.1 Å². The average molecular weight is 247 g/mol. The summed E-state index contributed by atoms with van der Waals surface area (Å²) in [5.41, 5.74) is 0.555. The zero-order valence-electron chi connectivity index (χ0n) is 11.1. The van der Waals surface area contributed by atoms with Gasteiger partial charge in [0.2, 0.25) is 5.91 Å². The summed E-state index contributed by atoms with van der Waals surface area (Å²) in [6.45, 7) is 6.26. The first-order chi connectivity index (χ1) is 8.65. The highest BCUT2D eigenvalue weighted by Gasteiger charge is 2.38. The first kappa shape index (κ1) is 13.0. The Labute approximate surface area is 108 Å². The predicted octanol–water partition coefficient (Wildman–Crippen LogP) is 1.57. The van der Waals surface area contributed by atoms with Crippen molar-refractivity contribution in [1.82, 2.24) is 15.2 Å². The Morgan fingerprint density at radius 2 is 2.39 bits per heavy atom. The lowest BCUT2D eigenvalue weighted by atomic mass is 9.98. The smallest absolute Gasteiger partial charge is 0.242 e. The number of hydrogen-bond acceptors (Lipinski definition) is 3. The molecule has 1 amide bonds. The Balaban J connectivity index is 2.07. The van der Waals surface area contributed by atoms with Crippen molar-refractivity contribution in [3.05, 3.63) is 30.1 Å². The first-order valence-electron chi connectivity index (χ1n) is 6.60. The maximum Gasteiger partial charge on any atom is 0.242 e. The number of amides is 1. The highest BCUT2D eigenvalue weighted by Crippen LogP contribution is 2.22. The summed E-state index contributed by atoms with van der Waals surface area (Å²) in [5.74, 6) is 0.188. The van der Waals surface area contributed by atoms with Crippen LogP contribution in [0.5, 0.6) is 0 Å². The van der Waals surface area contributed by atoms with Gasteiger partial charge in [0.05, 0.1) is 17.8 Å². The summed E-state index contributed by atoms with van der Waals surface area (Å²) in [5, 5.41) is 3.32. The lowest BCUT2D eigenvalue weighted by molar-refractivity contribution is -0.137. The van der Waals surface area contributed by atoms with Crippen LogP contribution in [0.3, 0.4) is 0 Å². The zero-order valence-corrected chi connectivity index (χ0v) is 11.1. The molecule has 1 fully saturated rings. The molecule has 18 heavy (non-hydrogen) atoms. The van der Waals surface area contributed by atoms with E-state index >= 15 is 0 Å². The van der Waals surface area contributed by atoms with Crippen LogP contribution in [-0.2, 0) is 11.3 Å². The molecule has 1 aromatic rings. The molecule has 1 aliphatic heterocycles. The molecular formula is C14H21N3O. The lowest BCUT2D eigenvalue weighted by Gasteiger charge is -2.31. The third kappa shape index (κ3) is 2.70. The molecule has 0 saturated carbocycles. The van der Waals surface area contributed by atoms with Crippen molar-refractivity contribution in [2.75, 3.05) is 13.1 Å². The Hall–Kier alpha value is -1.42. The summed E-state index contributed by atoms with van der Waals surface area (Å²) in [4.78, 5) is 18.7. The van der Waals surface area contributed by atoms with Gasteiger partial charge in [-0.05, 0) is 45.4 Å². The minimum Gasteiger partial charge on any atom is -0.335 e. The van der Waals surface area contributed by atoms with Crippen LogP contribution in [0.1, 0.15) is 32.4 Å². The predicted molar refractivity (Wildman–Crippen MR) is 71.0 cm³/mol. The zero-order chi connectivity index (χ0) is 13.0. The van der Waals surface area contributed by atoms with Crippen molar-refractivity contribution in [2.24, 2.45) is 0 Å². The van der Waals surface area contributed by atoms with E-state index in [-0.39, 0.29) is 11.4 Å². The Morgan fingerprint density at radius 1 is 1.56 bits per heavy atom. The molecule has 1 aromatic heterocycles. The van der Waals surface area contributed by atoms with Crippen LogP contribution in [0.25, 0.3) is 0 Å². The van der Waals surface area contributed by atoms with Crippen molar-refractivity contribution in [2.45, 2.75) is 38.8 Å². The molecule has 4 heteroatoms. The van der Waals surface area contributed by atoms with E-state index in [1.807, 2.05) is 36.9 Å². The normalized spacial score (nSPS) is 23.0. The third-order valence-electron chi connectivity index (χ3n) is 3.59. The summed E-state index contributed by atoms with van der Waals surface area (Å²) < 4.78 is 0. The molecule has 1 aliphatic rings. The molecule has 1 N–H and O–H groups in total. The standard InChI is InChI=1S/C14H21N3O/c1-3-17(11-12-7-4-5-9-15-12)13(18)14(2)8-6-10-16-14/h4-5,7,9,16H,3,6,8,10-11H2,1-2H3. The number of carbonyl (C=O) groups is 1. The quantitative estimate of drug-likeness (QED) is 0.878. The third-order valence-corrected chi connectivity index (χ3v) is 3.59. The fourth-order valence-electron chi connectivity index (χ4n) is 2.44. The lowest BCUT2D eigenvalue weighted by Crippen LogP contribution is -2.52. The summed E-state index contributed by atoms with van der Waals surface area (Å²) in [6, 6.07) is 5.80. The van der Waals surface area contributed by atoms with Crippen LogP contribution < -0.4 is 5.32 Å². The summed E-state index contributed by atoms with van der Waals surface area (Å²) in [6.07, 6.45) is 3.76. The van der Waals surface area contributed by atoms with Crippen LogP contribution in [0, 0.1) is 0 Å². The molecule has 2 rings (SSSR count). The molecule has 0 aromatic carbocycles. The number of likely N-dealkylation sites (N-methyl/N-ethyl adjacent to an activating group) is 1. The topological polar surface area (TPSA) is 45.2 Å². The Bertz CT molecular complexity index is 399. The molecular weight excluding hydrogens is 226 g/mol. The molecule has 4 nitrogen and oxygen atoms in total. The second-order valence-corrected chi connectivity index (χ2v) is 5.00. The highest BCUT2D eigenvalue weighted by molar-refractivity contribution is 5.86. The fourth-order valence-corrected chi connectivity index (χ4v) is 2.44. The van der Waals surface area contributed by atoms with Crippen molar-refractivity contribution in [3.8, 4) is 0 Å². The molecule has 2 heterocycles. The number of rotatable bonds is 4. The highest BCUT2D eigenvalue weighted by atomic mass is 16.2. The number of hydrogen-bond donors (Lipinski definition) is 1. The van der Waals surface area contributed by atoms with Crippen LogP contribution in [0.15, 0.2) is 24.4 Å². The van der Waals surface area contributed by atoms with Gasteiger partial charge in [0.1, 0.15) is 0 Å². The van der Waals surface area contributed by atoms with Gasteiger partial charge in [-0.2, -0.15) is 0 Å². The van der Waals surface area contributed by atoms with Gasteiger partial charge in [-0.3, -0.25) is 9.78 Å². The van der Waals surface area contributed by atoms with E-state index in [1.54, 1.807) is 6.20 Å². The Morgan fingerprint density at radius 3 is 2.94 bits per heavy atom. The van der Waals surface area contributed by atoms with Crippen LogP contribution >= 0.6 is 0 Å².